The third-order valence-corrected chi connectivity index (χ3v) is 6.23. The van der Waals surface area contributed by atoms with Crippen molar-refractivity contribution < 1.29 is 4.39 Å². The number of nitrogens with zero attached hydrogens (tertiary/aromatic N) is 3. The summed E-state index contributed by atoms with van der Waals surface area (Å²) in [4.78, 5) is 15.4. The van der Waals surface area contributed by atoms with Gasteiger partial charge in [0.1, 0.15) is 17.5 Å². The molecule has 5 nitrogen and oxygen atoms in total. The fourth-order valence-corrected chi connectivity index (χ4v) is 4.69. The number of anilines is 1. The molecule has 1 unspecified atom stereocenters. The van der Waals surface area contributed by atoms with Crippen LogP contribution in [0.2, 0.25) is 0 Å². The third kappa shape index (κ3) is 2.62. The molecule has 3 heterocycles. The SMILES string of the molecule is NC1=Nc2nc(N)ccc2C(c2ccc(F)cc2)=NC1(c1cccs1)C1CC1. The first-order valence-corrected chi connectivity index (χ1v) is 9.97. The highest BCUT2D eigenvalue weighted by Gasteiger charge is 2.52. The molecule has 0 saturated heterocycles. The van der Waals surface area contributed by atoms with Crippen LogP contribution in [0.5, 0.6) is 0 Å². The Morgan fingerprint density at radius 2 is 1.82 bits per heavy atom. The van der Waals surface area contributed by atoms with Gasteiger partial charge < -0.3 is 11.5 Å². The summed E-state index contributed by atoms with van der Waals surface area (Å²) in [5.41, 5.74) is 14.0. The van der Waals surface area contributed by atoms with Gasteiger partial charge in [-0.3, -0.25) is 4.99 Å². The van der Waals surface area contributed by atoms with Crippen LogP contribution in [-0.2, 0) is 5.54 Å². The first-order valence-electron chi connectivity index (χ1n) is 9.09. The van der Waals surface area contributed by atoms with Crippen LogP contribution >= 0.6 is 11.3 Å². The average Bonchev–Trinajstić information content (AvgIpc) is 3.40. The third-order valence-electron chi connectivity index (χ3n) is 5.24. The monoisotopic (exact) mass is 391 g/mol. The van der Waals surface area contributed by atoms with Crippen LogP contribution in [0.4, 0.5) is 16.0 Å². The Kier molecular flexibility index (Phi) is 3.80. The molecular formula is C21H18FN5S. The van der Waals surface area contributed by atoms with Crippen LogP contribution in [0.1, 0.15) is 28.8 Å². The number of hydrogen-bond acceptors (Lipinski definition) is 6. The summed E-state index contributed by atoms with van der Waals surface area (Å²) in [6.45, 7) is 0. The van der Waals surface area contributed by atoms with Gasteiger partial charge in [-0.2, -0.15) is 0 Å². The van der Waals surface area contributed by atoms with Crippen LogP contribution in [-0.4, -0.2) is 16.5 Å². The van der Waals surface area contributed by atoms with Gasteiger partial charge in [0.25, 0.3) is 0 Å². The number of aliphatic imine (C=N–C) groups is 2. The van der Waals surface area contributed by atoms with Gasteiger partial charge in [-0.05, 0) is 66.6 Å². The molecule has 0 amide bonds. The fourth-order valence-electron chi connectivity index (χ4n) is 3.73. The van der Waals surface area contributed by atoms with Crippen molar-refractivity contribution in [1.82, 2.24) is 4.98 Å². The van der Waals surface area contributed by atoms with E-state index in [1.807, 2.05) is 17.5 Å². The summed E-state index contributed by atoms with van der Waals surface area (Å²) < 4.78 is 13.5. The second-order valence-corrected chi connectivity index (χ2v) is 8.04. The Balaban J connectivity index is 1.83. The van der Waals surface area contributed by atoms with E-state index in [9.17, 15) is 4.39 Å². The molecule has 1 aliphatic carbocycles. The molecule has 4 N–H and O–H groups in total. The van der Waals surface area contributed by atoms with Crippen molar-refractivity contribution in [1.29, 1.82) is 0 Å². The maximum atomic E-state index is 13.5. The first kappa shape index (κ1) is 17.1. The van der Waals surface area contributed by atoms with Crippen LogP contribution in [0.15, 0.2) is 63.9 Å². The van der Waals surface area contributed by atoms with E-state index in [4.69, 9.17) is 16.5 Å². The number of aromatic nitrogens is 1. The lowest BCUT2D eigenvalue weighted by atomic mass is 9.89. The zero-order chi connectivity index (χ0) is 19.3. The van der Waals surface area contributed by atoms with E-state index in [0.717, 1.165) is 28.8 Å². The van der Waals surface area contributed by atoms with Crippen LogP contribution < -0.4 is 11.5 Å². The predicted octanol–water partition coefficient (Wildman–Crippen LogP) is 4.01. The topological polar surface area (TPSA) is 89.6 Å². The molecule has 2 aliphatic rings. The maximum Gasteiger partial charge on any atom is 0.165 e. The minimum absolute atomic E-state index is 0.275. The van der Waals surface area contributed by atoms with E-state index in [0.29, 0.717) is 23.2 Å². The second kappa shape index (κ2) is 6.24. The van der Waals surface area contributed by atoms with Crippen molar-refractivity contribution in [3.63, 3.8) is 0 Å². The number of thiophene rings is 1. The normalized spacial score (nSPS) is 21.5. The van der Waals surface area contributed by atoms with Crippen LogP contribution in [0.3, 0.4) is 0 Å². The number of rotatable bonds is 3. The minimum atomic E-state index is -0.743. The molecule has 1 aliphatic heterocycles. The van der Waals surface area contributed by atoms with Gasteiger partial charge in [-0.25, -0.2) is 14.4 Å². The Labute approximate surface area is 165 Å². The fraction of sp³-hybridized carbons (Fsp3) is 0.190. The molecule has 1 aromatic carbocycles. The summed E-state index contributed by atoms with van der Waals surface area (Å²) >= 11 is 1.62. The van der Waals surface area contributed by atoms with Crippen molar-refractivity contribution in [3.8, 4) is 0 Å². The molecule has 1 atom stereocenters. The lowest BCUT2D eigenvalue weighted by Gasteiger charge is -2.28. The number of pyridine rings is 1. The minimum Gasteiger partial charge on any atom is -0.385 e. The quantitative estimate of drug-likeness (QED) is 0.707. The zero-order valence-electron chi connectivity index (χ0n) is 15.0. The van der Waals surface area contributed by atoms with Crippen molar-refractivity contribution in [2.75, 3.05) is 5.73 Å². The Morgan fingerprint density at radius 3 is 2.50 bits per heavy atom. The summed E-state index contributed by atoms with van der Waals surface area (Å²) in [6.07, 6.45) is 2.06. The van der Waals surface area contributed by atoms with Crippen molar-refractivity contribution in [3.05, 3.63) is 75.7 Å². The summed E-state index contributed by atoms with van der Waals surface area (Å²) in [7, 11) is 0. The molecule has 1 saturated carbocycles. The van der Waals surface area contributed by atoms with Crippen LogP contribution in [0.25, 0.3) is 0 Å². The highest BCUT2D eigenvalue weighted by Crippen LogP contribution is 2.51. The predicted molar refractivity (Wildman–Crippen MR) is 111 cm³/mol. The number of hydrogen-bond donors (Lipinski definition) is 2. The highest BCUT2D eigenvalue weighted by atomic mass is 32.1. The molecule has 0 bridgehead atoms. The first-order chi connectivity index (χ1) is 13.6. The van der Waals surface area contributed by atoms with E-state index in [1.54, 1.807) is 29.5 Å². The van der Waals surface area contributed by atoms with Gasteiger partial charge >= 0.3 is 0 Å². The molecule has 28 heavy (non-hydrogen) atoms. The molecule has 1 fully saturated rings. The molecule has 0 radical (unpaired) electrons. The summed E-state index contributed by atoms with van der Waals surface area (Å²) in [6, 6.07) is 13.9. The van der Waals surface area contributed by atoms with E-state index < -0.39 is 5.54 Å². The standard InChI is InChI=1S/C21H18FN5S/c22-14-7-3-12(4-8-14)18-15-9-10-17(23)25-19(15)26-20(24)21(27-18,13-5-6-13)16-2-1-11-28-16/h1-4,7-11,13H,5-6H2,(H4,23,24,25,26). The molecule has 0 spiro atoms. The average molecular weight is 391 g/mol. The van der Waals surface area contributed by atoms with Crippen molar-refractivity contribution in [2.24, 2.45) is 21.6 Å². The number of benzene rings is 1. The number of nitrogens with two attached hydrogens (primary N) is 2. The van der Waals surface area contributed by atoms with Gasteiger partial charge in [0.05, 0.1) is 5.71 Å². The number of halogens is 1. The maximum absolute atomic E-state index is 13.5. The molecule has 140 valence electrons. The lowest BCUT2D eigenvalue weighted by molar-refractivity contribution is 0.534. The molecule has 3 aromatic rings. The highest BCUT2D eigenvalue weighted by molar-refractivity contribution is 7.10. The van der Waals surface area contributed by atoms with E-state index in [-0.39, 0.29) is 11.7 Å². The van der Waals surface area contributed by atoms with Gasteiger partial charge in [0.2, 0.25) is 0 Å². The van der Waals surface area contributed by atoms with Gasteiger partial charge in [0, 0.05) is 16.0 Å². The van der Waals surface area contributed by atoms with E-state index in [1.165, 1.54) is 12.1 Å². The number of fused-ring (bicyclic) bond motifs is 1. The Hall–Kier alpha value is -3.06. The largest absolute Gasteiger partial charge is 0.385 e. The van der Waals surface area contributed by atoms with Gasteiger partial charge in [0.15, 0.2) is 11.4 Å². The molecular weight excluding hydrogens is 373 g/mol. The van der Waals surface area contributed by atoms with Crippen molar-refractivity contribution >= 4 is 34.5 Å². The number of nitrogen functional groups attached to an aromatic ring is 1. The second-order valence-electron chi connectivity index (χ2n) is 7.09. The Bertz CT molecular complexity index is 1100. The zero-order valence-corrected chi connectivity index (χ0v) is 15.8. The van der Waals surface area contributed by atoms with Gasteiger partial charge in [-0.15, -0.1) is 11.3 Å². The summed E-state index contributed by atoms with van der Waals surface area (Å²) in [5, 5.41) is 2.02. The van der Waals surface area contributed by atoms with Crippen molar-refractivity contribution in [2.45, 2.75) is 18.4 Å². The van der Waals surface area contributed by atoms with Crippen LogP contribution in [0, 0.1) is 11.7 Å². The molecule has 2 aromatic heterocycles. The summed E-state index contributed by atoms with van der Waals surface area (Å²) in [5.74, 6) is 1.21. The Morgan fingerprint density at radius 1 is 1.04 bits per heavy atom. The van der Waals surface area contributed by atoms with Gasteiger partial charge in [-0.1, -0.05) is 6.07 Å². The molecule has 5 rings (SSSR count). The van der Waals surface area contributed by atoms with E-state index in [2.05, 4.69) is 16.0 Å². The molecule has 7 heteroatoms. The lowest BCUT2D eigenvalue weighted by Crippen LogP contribution is -2.41. The van der Waals surface area contributed by atoms with E-state index >= 15 is 0 Å². The smallest absolute Gasteiger partial charge is 0.165 e. The number of amidine groups is 1.